The maximum absolute atomic E-state index is 6.01. The van der Waals surface area contributed by atoms with E-state index in [1.807, 2.05) is 0 Å². The monoisotopic (exact) mass is 252 g/mol. The van der Waals surface area contributed by atoms with Crippen molar-refractivity contribution >= 4 is 11.3 Å². The van der Waals surface area contributed by atoms with Crippen LogP contribution in [0.15, 0.2) is 16.8 Å². The van der Waals surface area contributed by atoms with Gasteiger partial charge in [-0.1, -0.05) is 19.8 Å². The summed E-state index contributed by atoms with van der Waals surface area (Å²) in [5.41, 5.74) is 7.76. The number of nitrogens with one attached hydrogen (secondary N) is 1. The molecule has 1 aromatic rings. The third-order valence-corrected chi connectivity index (χ3v) is 4.91. The summed E-state index contributed by atoms with van der Waals surface area (Å²) in [6.45, 7) is 5.25. The lowest BCUT2D eigenvalue weighted by atomic mass is 9.71. The SMILES string of the molecule is CC1CCC(CN)(CNCc2ccsc2)CC1. The number of hydrogen-bond acceptors (Lipinski definition) is 3. The lowest BCUT2D eigenvalue weighted by Crippen LogP contribution is -2.42. The lowest BCUT2D eigenvalue weighted by molar-refractivity contribution is 0.159. The molecular formula is C14H24N2S. The van der Waals surface area contributed by atoms with E-state index in [-0.39, 0.29) is 0 Å². The van der Waals surface area contributed by atoms with Gasteiger partial charge in [0.05, 0.1) is 0 Å². The molecule has 0 aliphatic heterocycles. The molecule has 1 aliphatic rings. The molecule has 0 atom stereocenters. The highest BCUT2D eigenvalue weighted by molar-refractivity contribution is 7.07. The fourth-order valence-corrected chi connectivity index (χ4v) is 3.36. The molecule has 0 bridgehead atoms. The highest BCUT2D eigenvalue weighted by Gasteiger charge is 2.32. The first kappa shape index (κ1) is 13.1. The van der Waals surface area contributed by atoms with E-state index in [9.17, 15) is 0 Å². The molecule has 2 rings (SSSR count). The van der Waals surface area contributed by atoms with Crippen molar-refractivity contribution in [3.8, 4) is 0 Å². The first-order chi connectivity index (χ1) is 8.24. The third-order valence-electron chi connectivity index (χ3n) is 4.18. The zero-order valence-electron chi connectivity index (χ0n) is 10.7. The predicted octanol–water partition coefficient (Wildman–Crippen LogP) is 2.99. The van der Waals surface area contributed by atoms with Crippen molar-refractivity contribution in [2.24, 2.45) is 17.1 Å². The van der Waals surface area contributed by atoms with Gasteiger partial charge < -0.3 is 11.1 Å². The van der Waals surface area contributed by atoms with Gasteiger partial charge >= 0.3 is 0 Å². The van der Waals surface area contributed by atoms with Gasteiger partial charge in [0.15, 0.2) is 0 Å². The van der Waals surface area contributed by atoms with Crippen molar-refractivity contribution in [2.75, 3.05) is 13.1 Å². The van der Waals surface area contributed by atoms with Crippen LogP contribution in [-0.4, -0.2) is 13.1 Å². The van der Waals surface area contributed by atoms with Crippen molar-refractivity contribution in [1.82, 2.24) is 5.32 Å². The molecule has 0 aromatic carbocycles. The molecule has 1 fully saturated rings. The lowest BCUT2D eigenvalue weighted by Gasteiger charge is -2.38. The Kier molecular flexibility index (Phi) is 4.60. The Bertz CT molecular complexity index is 313. The van der Waals surface area contributed by atoms with Gasteiger partial charge in [-0.3, -0.25) is 0 Å². The number of rotatable bonds is 5. The van der Waals surface area contributed by atoms with Crippen molar-refractivity contribution in [1.29, 1.82) is 0 Å². The van der Waals surface area contributed by atoms with E-state index in [0.717, 1.165) is 25.6 Å². The Balaban J connectivity index is 1.79. The summed E-state index contributed by atoms with van der Waals surface area (Å²) in [5.74, 6) is 0.895. The van der Waals surface area contributed by atoms with Crippen LogP contribution in [0.5, 0.6) is 0 Å². The highest BCUT2D eigenvalue weighted by Crippen LogP contribution is 2.37. The molecule has 0 radical (unpaired) electrons. The maximum Gasteiger partial charge on any atom is 0.0213 e. The summed E-state index contributed by atoms with van der Waals surface area (Å²) in [6, 6.07) is 2.19. The first-order valence-corrected chi connectivity index (χ1v) is 7.60. The normalized spacial score (nSPS) is 29.4. The minimum absolute atomic E-state index is 0.364. The molecule has 17 heavy (non-hydrogen) atoms. The topological polar surface area (TPSA) is 38.0 Å². The Morgan fingerprint density at radius 1 is 1.47 bits per heavy atom. The van der Waals surface area contributed by atoms with Crippen molar-refractivity contribution in [3.05, 3.63) is 22.4 Å². The van der Waals surface area contributed by atoms with Gasteiger partial charge in [-0.15, -0.1) is 0 Å². The zero-order valence-corrected chi connectivity index (χ0v) is 11.6. The maximum atomic E-state index is 6.01. The van der Waals surface area contributed by atoms with Crippen LogP contribution in [0.25, 0.3) is 0 Å². The highest BCUT2D eigenvalue weighted by atomic mass is 32.1. The van der Waals surface area contributed by atoms with E-state index in [1.165, 1.54) is 31.2 Å². The van der Waals surface area contributed by atoms with E-state index >= 15 is 0 Å². The average molecular weight is 252 g/mol. The van der Waals surface area contributed by atoms with Crippen LogP contribution in [0.1, 0.15) is 38.2 Å². The molecule has 0 amide bonds. The molecule has 1 heterocycles. The summed E-state index contributed by atoms with van der Waals surface area (Å²) >= 11 is 1.77. The summed E-state index contributed by atoms with van der Waals surface area (Å²) in [4.78, 5) is 0. The van der Waals surface area contributed by atoms with Gasteiger partial charge in [0, 0.05) is 13.1 Å². The molecule has 1 saturated carbocycles. The van der Waals surface area contributed by atoms with E-state index in [0.29, 0.717) is 5.41 Å². The van der Waals surface area contributed by atoms with Gasteiger partial charge in [0.25, 0.3) is 0 Å². The summed E-state index contributed by atoms with van der Waals surface area (Å²) in [6.07, 6.45) is 5.28. The standard InChI is InChI=1S/C14H24N2S/c1-12-2-5-14(10-15,6-3-12)11-16-8-13-4-7-17-9-13/h4,7,9,12,16H,2-3,5-6,8,10-11,15H2,1H3. The van der Waals surface area contributed by atoms with Gasteiger partial charge in [-0.25, -0.2) is 0 Å². The quantitative estimate of drug-likeness (QED) is 0.845. The third kappa shape index (κ3) is 3.54. The molecular weight excluding hydrogens is 228 g/mol. The Morgan fingerprint density at radius 2 is 2.24 bits per heavy atom. The smallest absolute Gasteiger partial charge is 0.0213 e. The molecule has 1 aliphatic carbocycles. The van der Waals surface area contributed by atoms with Gasteiger partial charge in [0.1, 0.15) is 0 Å². The minimum Gasteiger partial charge on any atom is -0.330 e. The van der Waals surface area contributed by atoms with Crippen LogP contribution in [0.3, 0.4) is 0 Å². The van der Waals surface area contributed by atoms with Crippen LogP contribution < -0.4 is 11.1 Å². The van der Waals surface area contributed by atoms with E-state index in [2.05, 4.69) is 29.1 Å². The van der Waals surface area contributed by atoms with Crippen LogP contribution in [-0.2, 0) is 6.54 Å². The van der Waals surface area contributed by atoms with Gasteiger partial charge in [-0.05, 0) is 53.1 Å². The molecule has 3 heteroatoms. The second-order valence-electron chi connectivity index (χ2n) is 5.62. The van der Waals surface area contributed by atoms with Crippen LogP contribution in [0.2, 0.25) is 0 Å². The van der Waals surface area contributed by atoms with Crippen molar-refractivity contribution < 1.29 is 0 Å². The number of thiophene rings is 1. The Hall–Kier alpha value is -0.380. The largest absolute Gasteiger partial charge is 0.330 e. The summed E-state index contributed by atoms with van der Waals surface area (Å²) < 4.78 is 0. The second kappa shape index (κ2) is 5.98. The van der Waals surface area contributed by atoms with E-state index < -0.39 is 0 Å². The molecule has 0 saturated heterocycles. The van der Waals surface area contributed by atoms with Crippen LogP contribution in [0.4, 0.5) is 0 Å². The zero-order chi connectivity index (χ0) is 12.1. The molecule has 0 unspecified atom stereocenters. The Morgan fingerprint density at radius 3 is 2.82 bits per heavy atom. The van der Waals surface area contributed by atoms with Crippen LogP contribution >= 0.6 is 11.3 Å². The van der Waals surface area contributed by atoms with Crippen molar-refractivity contribution in [2.45, 2.75) is 39.2 Å². The number of hydrogen-bond donors (Lipinski definition) is 2. The first-order valence-electron chi connectivity index (χ1n) is 6.66. The Labute approximate surface area is 109 Å². The molecule has 1 aromatic heterocycles. The molecule has 96 valence electrons. The summed E-state index contributed by atoms with van der Waals surface area (Å²) in [7, 11) is 0. The number of nitrogens with two attached hydrogens (primary N) is 1. The second-order valence-corrected chi connectivity index (χ2v) is 6.40. The van der Waals surface area contributed by atoms with Crippen molar-refractivity contribution in [3.63, 3.8) is 0 Å². The summed E-state index contributed by atoms with van der Waals surface area (Å²) in [5, 5.41) is 7.94. The minimum atomic E-state index is 0.364. The van der Waals surface area contributed by atoms with Gasteiger partial charge in [-0.2, -0.15) is 11.3 Å². The fourth-order valence-electron chi connectivity index (χ4n) is 2.69. The predicted molar refractivity (Wildman–Crippen MR) is 75.1 cm³/mol. The molecule has 3 N–H and O–H groups in total. The average Bonchev–Trinajstić information content (AvgIpc) is 2.85. The molecule has 2 nitrogen and oxygen atoms in total. The van der Waals surface area contributed by atoms with E-state index in [1.54, 1.807) is 11.3 Å². The molecule has 0 spiro atoms. The van der Waals surface area contributed by atoms with E-state index in [4.69, 9.17) is 5.73 Å². The fraction of sp³-hybridized carbons (Fsp3) is 0.714. The van der Waals surface area contributed by atoms with Gasteiger partial charge in [0.2, 0.25) is 0 Å². The van der Waals surface area contributed by atoms with Crippen LogP contribution in [0, 0.1) is 11.3 Å².